The van der Waals surface area contributed by atoms with Gasteiger partial charge in [-0.1, -0.05) is 11.8 Å². The molecule has 2 aliphatic rings. The van der Waals surface area contributed by atoms with Gasteiger partial charge in [0.05, 0.1) is 17.9 Å². The molecule has 1 fully saturated rings. The molecule has 31 heavy (non-hydrogen) atoms. The third kappa shape index (κ3) is 5.28. The second-order valence-corrected chi connectivity index (χ2v) is 8.74. The number of anilines is 1. The number of ether oxygens (including phenoxy) is 3. The molecule has 1 aromatic heterocycles. The molecule has 2 amide bonds. The van der Waals surface area contributed by atoms with Gasteiger partial charge in [0.2, 0.25) is 18.6 Å². The van der Waals surface area contributed by atoms with E-state index in [0.29, 0.717) is 41.1 Å². The predicted octanol–water partition coefficient (Wildman–Crippen LogP) is 1.72. The number of nitrogens with one attached hydrogen (secondary N) is 1. The predicted molar refractivity (Wildman–Crippen MR) is 113 cm³/mol. The van der Waals surface area contributed by atoms with E-state index in [4.69, 9.17) is 19.9 Å². The lowest BCUT2D eigenvalue weighted by Crippen LogP contribution is -2.24. The highest BCUT2D eigenvalue weighted by Gasteiger charge is 2.24. The number of thioether (sulfide) groups is 1. The number of primary amides is 1. The quantitative estimate of drug-likeness (QED) is 0.556. The van der Waals surface area contributed by atoms with E-state index in [1.807, 2.05) is 4.57 Å². The van der Waals surface area contributed by atoms with Gasteiger partial charge in [-0.05, 0) is 31.9 Å². The van der Waals surface area contributed by atoms with Crippen LogP contribution in [0.1, 0.15) is 32.0 Å². The number of hydrogen-bond acceptors (Lipinski definition) is 8. The molecule has 3 N–H and O–H groups in total. The molecule has 0 radical (unpaired) electrons. The Bertz CT molecular complexity index is 959. The molecule has 1 saturated heterocycles. The number of fused-ring (bicyclic) bond motifs is 1. The summed E-state index contributed by atoms with van der Waals surface area (Å²) < 4.78 is 18.3. The molecule has 0 bridgehead atoms. The van der Waals surface area contributed by atoms with Crippen LogP contribution in [0.15, 0.2) is 23.4 Å². The summed E-state index contributed by atoms with van der Waals surface area (Å²) in [5.41, 5.74) is 5.92. The van der Waals surface area contributed by atoms with Crippen molar-refractivity contribution in [2.45, 2.75) is 55.7 Å². The Morgan fingerprint density at radius 2 is 2.16 bits per heavy atom. The van der Waals surface area contributed by atoms with Crippen LogP contribution in [0, 0.1) is 0 Å². The Balaban J connectivity index is 1.43. The summed E-state index contributed by atoms with van der Waals surface area (Å²) in [6.45, 7) is 3.30. The van der Waals surface area contributed by atoms with E-state index in [2.05, 4.69) is 15.5 Å². The first-order chi connectivity index (χ1) is 15.0. The zero-order valence-electron chi connectivity index (χ0n) is 17.2. The maximum atomic E-state index is 12.7. The molecule has 2 atom stereocenters. The number of carbonyl (C=O) groups is 2. The number of benzene rings is 1. The van der Waals surface area contributed by atoms with Crippen molar-refractivity contribution in [3.8, 4) is 11.5 Å². The average Bonchev–Trinajstić information content (AvgIpc) is 3.49. The smallest absolute Gasteiger partial charge is 0.237 e. The fourth-order valence-electron chi connectivity index (χ4n) is 3.43. The van der Waals surface area contributed by atoms with Crippen LogP contribution in [0.3, 0.4) is 0 Å². The van der Waals surface area contributed by atoms with Crippen LogP contribution < -0.4 is 20.5 Å². The molecule has 4 rings (SSSR count). The number of amides is 2. The number of aryl methyl sites for hydroxylation is 1. The zero-order valence-corrected chi connectivity index (χ0v) is 18.0. The fraction of sp³-hybridized carbons (Fsp3) is 0.500. The van der Waals surface area contributed by atoms with Gasteiger partial charge in [-0.2, -0.15) is 0 Å². The minimum Gasteiger partial charge on any atom is -0.454 e. The monoisotopic (exact) mass is 447 g/mol. The molecule has 166 valence electrons. The first-order valence-corrected chi connectivity index (χ1v) is 11.1. The van der Waals surface area contributed by atoms with Crippen LogP contribution in [-0.4, -0.2) is 51.3 Å². The van der Waals surface area contributed by atoms with Gasteiger partial charge in [-0.15, -0.1) is 10.2 Å². The van der Waals surface area contributed by atoms with Crippen molar-refractivity contribution in [2.24, 2.45) is 5.73 Å². The molecule has 10 nitrogen and oxygen atoms in total. The van der Waals surface area contributed by atoms with Crippen molar-refractivity contribution >= 4 is 29.3 Å². The Morgan fingerprint density at radius 1 is 1.32 bits per heavy atom. The number of hydrogen-bond donors (Lipinski definition) is 2. The highest BCUT2D eigenvalue weighted by molar-refractivity contribution is 8.00. The molecule has 11 heteroatoms. The number of nitrogens with zero attached hydrogens (tertiary/aromatic N) is 3. The largest absolute Gasteiger partial charge is 0.454 e. The molecule has 2 aliphatic heterocycles. The highest BCUT2D eigenvalue weighted by Crippen LogP contribution is 2.34. The lowest BCUT2D eigenvalue weighted by molar-refractivity contribution is -0.118. The van der Waals surface area contributed by atoms with E-state index >= 15 is 0 Å². The third-order valence-corrected chi connectivity index (χ3v) is 6.17. The van der Waals surface area contributed by atoms with Gasteiger partial charge in [0, 0.05) is 31.2 Å². The normalized spacial score (nSPS) is 18.2. The van der Waals surface area contributed by atoms with Crippen molar-refractivity contribution in [3.05, 3.63) is 24.0 Å². The van der Waals surface area contributed by atoms with Crippen LogP contribution in [0.4, 0.5) is 5.69 Å². The van der Waals surface area contributed by atoms with Crippen molar-refractivity contribution in [2.75, 3.05) is 18.7 Å². The van der Waals surface area contributed by atoms with E-state index < -0.39 is 11.2 Å². The highest BCUT2D eigenvalue weighted by atomic mass is 32.2. The van der Waals surface area contributed by atoms with Crippen LogP contribution in [-0.2, 0) is 27.3 Å². The minimum absolute atomic E-state index is 0.0699. The molecular formula is C20H25N5O5S. The van der Waals surface area contributed by atoms with Gasteiger partial charge < -0.3 is 29.8 Å². The third-order valence-electron chi connectivity index (χ3n) is 5.09. The van der Waals surface area contributed by atoms with Crippen LogP contribution in [0.5, 0.6) is 11.5 Å². The summed E-state index contributed by atoms with van der Waals surface area (Å²) in [5, 5.41) is 11.6. The second-order valence-electron chi connectivity index (χ2n) is 7.43. The van der Waals surface area contributed by atoms with Crippen LogP contribution >= 0.6 is 11.8 Å². The lowest BCUT2D eigenvalue weighted by atomic mass is 10.2. The molecule has 0 aliphatic carbocycles. The first-order valence-electron chi connectivity index (χ1n) is 10.2. The molecule has 0 spiro atoms. The van der Waals surface area contributed by atoms with Gasteiger partial charge in [-0.25, -0.2) is 0 Å². The molecular weight excluding hydrogens is 422 g/mol. The number of rotatable bonds is 9. The van der Waals surface area contributed by atoms with E-state index in [1.165, 1.54) is 11.8 Å². The Labute approximate surface area is 183 Å². The molecule has 1 aromatic carbocycles. The van der Waals surface area contributed by atoms with Gasteiger partial charge >= 0.3 is 0 Å². The topological polar surface area (TPSA) is 131 Å². The summed E-state index contributed by atoms with van der Waals surface area (Å²) >= 11 is 1.31. The first kappa shape index (κ1) is 21.4. The van der Waals surface area contributed by atoms with Crippen LogP contribution in [0.25, 0.3) is 0 Å². The van der Waals surface area contributed by atoms with Crippen molar-refractivity contribution < 1.29 is 23.8 Å². The van der Waals surface area contributed by atoms with E-state index in [9.17, 15) is 9.59 Å². The van der Waals surface area contributed by atoms with E-state index in [1.54, 1.807) is 25.1 Å². The van der Waals surface area contributed by atoms with Gasteiger partial charge in [0.25, 0.3) is 0 Å². The van der Waals surface area contributed by atoms with Crippen molar-refractivity contribution in [1.29, 1.82) is 0 Å². The van der Waals surface area contributed by atoms with Crippen molar-refractivity contribution in [1.82, 2.24) is 14.8 Å². The molecule has 2 aromatic rings. The lowest BCUT2D eigenvalue weighted by Gasteiger charge is -2.16. The second kappa shape index (κ2) is 9.56. The molecule has 3 heterocycles. The Hall–Kier alpha value is -2.79. The summed E-state index contributed by atoms with van der Waals surface area (Å²) in [6.07, 6.45) is 2.63. The SMILES string of the molecule is CC(Sc1nnc(CCC(N)=O)n1CC1CCCO1)C(=O)Nc1ccc2c(c1)OCO2. The summed E-state index contributed by atoms with van der Waals surface area (Å²) in [5.74, 6) is 1.37. The van der Waals surface area contributed by atoms with E-state index in [-0.39, 0.29) is 25.2 Å². The molecule has 2 unspecified atom stereocenters. The van der Waals surface area contributed by atoms with Crippen molar-refractivity contribution in [3.63, 3.8) is 0 Å². The Morgan fingerprint density at radius 3 is 2.94 bits per heavy atom. The average molecular weight is 448 g/mol. The zero-order chi connectivity index (χ0) is 21.8. The summed E-state index contributed by atoms with van der Waals surface area (Å²) in [6, 6.07) is 5.27. The standard InChI is InChI=1S/C20H25N5O5S/c1-12(19(27)22-13-4-5-15-16(9-13)30-11-29-15)31-20-24-23-18(7-6-17(21)26)25(20)10-14-3-2-8-28-14/h4-5,9,12,14H,2-3,6-8,10-11H2,1H3,(H2,21,26)(H,22,27). The maximum Gasteiger partial charge on any atom is 0.237 e. The fourth-order valence-corrected chi connectivity index (χ4v) is 4.31. The maximum absolute atomic E-state index is 12.7. The van der Waals surface area contributed by atoms with Gasteiger partial charge in [-0.3, -0.25) is 9.59 Å². The van der Waals surface area contributed by atoms with E-state index in [0.717, 1.165) is 19.4 Å². The number of carbonyl (C=O) groups excluding carboxylic acids is 2. The number of nitrogens with two attached hydrogens (primary N) is 1. The minimum atomic E-state index is -0.429. The number of aromatic nitrogens is 3. The summed E-state index contributed by atoms with van der Waals surface area (Å²) in [4.78, 5) is 24.0. The summed E-state index contributed by atoms with van der Waals surface area (Å²) in [7, 11) is 0. The Kier molecular flexibility index (Phi) is 6.62. The van der Waals surface area contributed by atoms with Crippen LogP contribution in [0.2, 0.25) is 0 Å². The van der Waals surface area contributed by atoms with Gasteiger partial charge in [0.15, 0.2) is 16.7 Å². The molecule has 0 saturated carbocycles. The van der Waals surface area contributed by atoms with Gasteiger partial charge in [0.1, 0.15) is 5.82 Å².